The van der Waals surface area contributed by atoms with Crippen molar-refractivity contribution >= 4 is 61.1 Å². The van der Waals surface area contributed by atoms with Crippen LogP contribution >= 0.6 is 0 Å². The Balaban J connectivity index is 1.57. The first-order valence-electron chi connectivity index (χ1n) is 12.9. The number of H-pyrrole nitrogens is 1. The number of hydrogen-bond acceptors (Lipinski definition) is 7. The summed E-state index contributed by atoms with van der Waals surface area (Å²) in [5.74, 6) is -0.813. The van der Waals surface area contributed by atoms with Crippen LogP contribution in [0.15, 0.2) is 72.9 Å². The number of carbonyl (C=O) groups excluding carboxylic acids is 2. The first kappa shape index (κ1) is 27.9. The number of anilines is 3. The number of rotatable bonds is 9. The third-order valence-corrected chi connectivity index (χ3v) is 8.05. The lowest BCUT2D eigenvalue weighted by Crippen LogP contribution is -2.35. The molecule has 41 heavy (non-hydrogen) atoms. The fourth-order valence-corrected chi connectivity index (χ4v) is 5.70. The molecule has 1 amide bonds. The van der Waals surface area contributed by atoms with E-state index < -0.39 is 16.0 Å². The minimum absolute atomic E-state index is 0.315. The molecule has 1 aliphatic rings. The summed E-state index contributed by atoms with van der Waals surface area (Å²) in [6, 6.07) is 19.8. The predicted molar refractivity (Wildman–Crippen MR) is 162 cm³/mol. The molecule has 1 aliphatic heterocycles. The quantitative estimate of drug-likeness (QED) is 0.202. The molecule has 0 aliphatic carbocycles. The van der Waals surface area contributed by atoms with Crippen LogP contribution in [0.1, 0.15) is 21.5 Å². The van der Waals surface area contributed by atoms with Gasteiger partial charge < -0.3 is 25.3 Å². The number of aromatic nitrogens is 1. The van der Waals surface area contributed by atoms with Crippen LogP contribution in [0.5, 0.6) is 0 Å². The average molecular weight is 574 g/mol. The van der Waals surface area contributed by atoms with Crippen molar-refractivity contribution in [2.75, 3.05) is 55.5 Å². The van der Waals surface area contributed by atoms with Gasteiger partial charge in [0.15, 0.2) is 0 Å². The molecule has 0 spiro atoms. The number of likely N-dealkylation sites (N-methyl/N-ethyl adjacent to an activating group) is 1. The monoisotopic (exact) mass is 573 g/mol. The lowest BCUT2D eigenvalue weighted by Gasteiger charge is -2.24. The highest BCUT2D eigenvalue weighted by molar-refractivity contribution is 7.92. The minimum Gasteiger partial charge on any atom is -0.465 e. The molecule has 0 fully saturated rings. The molecule has 1 aromatic heterocycles. The number of carbonyl (C=O) groups is 2. The lowest BCUT2D eigenvalue weighted by molar-refractivity contribution is -0.110. The van der Waals surface area contributed by atoms with E-state index in [4.69, 9.17) is 4.74 Å². The highest BCUT2D eigenvalue weighted by Crippen LogP contribution is 2.39. The largest absolute Gasteiger partial charge is 0.465 e. The number of sulfonamides is 1. The van der Waals surface area contributed by atoms with E-state index in [1.54, 1.807) is 42.5 Å². The Kier molecular flexibility index (Phi) is 7.57. The molecule has 11 heteroatoms. The summed E-state index contributed by atoms with van der Waals surface area (Å²) in [5, 5.41) is 7.25. The minimum atomic E-state index is -3.49. The van der Waals surface area contributed by atoms with Crippen LogP contribution in [-0.2, 0) is 19.6 Å². The third kappa shape index (κ3) is 5.81. The Labute approximate surface area is 238 Å². The molecular weight excluding hydrogens is 542 g/mol. The number of ether oxygens (including phenoxy) is 1. The van der Waals surface area contributed by atoms with Crippen molar-refractivity contribution in [2.24, 2.45) is 0 Å². The summed E-state index contributed by atoms with van der Waals surface area (Å²) in [6.45, 7) is 0.881. The van der Waals surface area contributed by atoms with Crippen LogP contribution in [0, 0.1) is 0 Å². The number of esters is 1. The molecule has 0 unspecified atom stereocenters. The molecule has 0 saturated heterocycles. The number of fused-ring (bicyclic) bond motifs is 2. The van der Waals surface area contributed by atoms with Crippen LogP contribution in [0.3, 0.4) is 0 Å². The SMILES string of the molecule is COC(=O)c1ccc2c(c1)NC(=O)C2=C(Nc1ccc(N(CCN(C)C)S(C)(=O)=O)cc1)c1ccc2[nH]ccc2c1. The molecule has 0 radical (unpaired) electrons. The van der Waals surface area contributed by atoms with Gasteiger partial charge in [-0.25, -0.2) is 13.2 Å². The number of methoxy groups -OCH3 is 1. The van der Waals surface area contributed by atoms with Crippen molar-refractivity contribution < 1.29 is 22.7 Å². The fraction of sp³-hybridized carbons (Fsp3) is 0.200. The van der Waals surface area contributed by atoms with Gasteiger partial charge in [-0.05, 0) is 74.3 Å². The molecule has 0 saturated carbocycles. The summed E-state index contributed by atoms with van der Waals surface area (Å²) in [6.07, 6.45) is 3.04. The Morgan fingerprint density at radius 1 is 0.951 bits per heavy atom. The number of hydrogen-bond donors (Lipinski definition) is 3. The molecular formula is C30H31N5O5S. The van der Waals surface area contributed by atoms with Gasteiger partial charge in [-0.2, -0.15) is 0 Å². The molecule has 10 nitrogen and oxygen atoms in total. The summed E-state index contributed by atoms with van der Waals surface area (Å²) >= 11 is 0. The number of amides is 1. The Morgan fingerprint density at radius 3 is 2.37 bits per heavy atom. The number of nitrogens with zero attached hydrogens (tertiary/aromatic N) is 2. The average Bonchev–Trinajstić information content (AvgIpc) is 3.53. The van der Waals surface area contributed by atoms with Gasteiger partial charge in [0, 0.05) is 41.4 Å². The van der Waals surface area contributed by atoms with Crippen LogP contribution in [0.4, 0.5) is 17.1 Å². The van der Waals surface area contributed by atoms with Crippen molar-refractivity contribution in [2.45, 2.75) is 0 Å². The number of aromatic amines is 1. The third-order valence-electron chi connectivity index (χ3n) is 6.85. The second-order valence-corrected chi connectivity index (χ2v) is 12.0. The van der Waals surface area contributed by atoms with E-state index in [0.29, 0.717) is 52.5 Å². The normalized spacial score (nSPS) is 14.1. The van der Waals surface area contributed by atoms with Gasteiger partial charge in [0.2, 0.25) is 10.0 Å². The van der Waals surface area contributed by atoms with Crippen molar-refractivity contribution in [3.63, 3.8) is 0 Å². The van der Waals surface area contributed by atoms with Gasteiger partial charge in [0.1, 0.15) is 0 Å². The van der Waals surface area contributed by atoms with E-state index in [0.717, 1.165) is 16.5 Å². The zero-order valence-corrected chi connectivity index (χ0v) is 24.0. The Hall–Kier alpha value is -4.61. The van der Waals surface area contributed by atoms with E-state index in [1.165, 1.54) is 17.7 Å². The maximum Gasteiger partial charge on any atom is 0.337 e. The van der Waals surface area contributed by atoms with E-state index >= 15 is 0 Å². The molecule has 5 rings (SSSR count). The molecule has 0 atom stereocenters. The van der Waals surface area contributed by atoms with Crippen molar-refractivity contribution in [1.29, 1.82) is 0 Å². The van der Waals surface area contributed by atoms with Gasteiger partial charge in [0.05, 0.1) is 41.6 Å². The van der Waals surface area contributed by atoms with E-state index in [2.05, 4.69) is 15.6 Å². The molecule has 0 bridgehead atoms. The molecule has 3 N–H and O–H groups in total. The van der Waals surface area contributed by atoms with Crippen molar-refractivity contribution in [1.82, 2.24) is 9.88 Å². The van der Waals surface area contributed by atoms with Crippen LogP contribution in [-0.4, -0.2) is 70.7 Å². The smallest absolute Gasteiger partial charge is 0.337 e. The van der Waals surface area contributed by atoms with Gasteiger partial charge in [-0.3, -0.25) is 9.10 Å². The van der Waals surface area contributed by atoms with Crippen LogP contribution < -0.4 is 14.9 Å². The molecule has 2 heterocycles. The first-order valence-corrected chi connectivity index (χ1v) is 14.8. The summed E-state index contributed by atoms with van der Waals surface area (Å²) in [4.78, 5) is 30.6. The van der Waals surface area contributed by atoms with Crippen LogP contribution in [0.25, 0.3) is 22.2 Å². The van der Waals surface area contributed by atoms with Gasteiger partial charge in [-0.1, -0.05) is 12.1 Å². The summed E-state index contributed by atoms with van der Waals surface area (Å²) in [7, 11) is 1.60. The molecule has 212 valence electrons. The zero-order valence-electron chi connectivity index (χ0n) is 23.2. The predicted octanol–water partition coefficient (Wildman–Crippen LogP) is 4.21. The Morgan fingerprint density at radius 2 is 1.68 bits per heavy atom. The van der Waals surface area contributed by atoms with Gasteiger partial charge in [-0.15, -0.1) is 0 Å². The topological polar surface area (TPSA) is 124 Å². The summed E-state index contributed by atoms with van der Waals surface area (Å²) in [5.41, 5.74) is 5.41. The van der Waals surface area contributed by atoms with Crippen LogP contribution in [0.2, 0.25) is 0 Å². The maximum atomic E-state index is 13.4. The molecule has 3 aromatic carbocycles. The van der Waals surface area contributed by atoms with Gasteiger partial charge in [0.25, 0.3) is 5.91 Å². The van der Waals surface area contributed by atoms with Crippen molar-refractivity contribution in [3.05, 3.63) is 89.6 Å². The standard InChI is InChI=1S/C30H31N5O5S/c1-34(2)15-16-35(41(4,38)39)23-9-7-22(8-10-23)32-28(20-6-12-25-19(17-20)13-14-31-25)27-24-11-5-21(30(37)40-3)18-26(24)33-29(27)36/h5-14,17-18,31-32H,15-16H2,1-4H3,(H,33,36). The van der Waals surface area contributed by atoms with E-state index in [1.807, 2.05) is 49.5 Å². The highest BCUT2D eigenvalue weighted by atomic mass is 32.2. The van der Waals surface area contributed by atoms with Gasteiger partial charge >= 0.3 is 5.97 Å². The lowest BCUT2D eigenvalue weighted by atomic mass is 9.98. The number of benzene rings is 3. The second-order valence-electron chi connectivity index (χ2n) is 10.0. The Bertz CT molecular complexity index is 1770. The summed E-state index contributed by atoms with van der Waals surface area (Å²) < 4.78 is 31.2. The van der Waals surface area contributed by atoms with Crippen molar-refractivity contribution in [3.8, 4) is 0 Å². The van der Waals surface area contributed by atoms with E-state index in [-0.39, 0.29) is 5.91 Å². The maximum absolute atomic E-state index is 13.4. The number of nitrogens with one attached hydrogen (secondary N) is 3. The molecule has 4 aromatic rings. The zero-order chi connectivity index (χ0) is 29.3. The second kappa shape index (κ2) is 11.1. The highest BCUT2D eigenvalue weighted by Gasteiger charge is 2.29. The van der Waals surface area contributed by atoms with E-state index in [9.17, 15) is 18.0 Å². The first-order chi connectivity index (χ1) is 19.5. The fourth-order valence-electron chi connectivity index (χ4n) is 4.79.